The topological polar surface area (TPSA) is 9.23 Å². The molecule has 7 heteroatoms. The third-order valence-electron chi connectivity index (χ3n) is 1.40. The fraction of sp³-hybridized carbons (Fsp3) is 0.250. The molecule has 0 radical (unpaired) electrons. The standard InChI is InChI=1S/C8H4Cl2F4O/c9-5-3-1-2-4-6(5)15-7(10,11)8(12,13)14/h1-4H. The van der Waals surface area contributed by atoms with Gasteiger partial charge in [-0.2, -0.15) is 17.6 Å². The van der Waals surface area contributed by atoms with Gasteiger partial charge in [0, 0.05) is 0 Å². The summed E-state index contributed by atoms with van der Waals surface area (Å²) in [6.07, 6.45) is -5.34. The molecular weight excluding hydrogens is 259 g/mol. The largest absolute Gasteiger partial charge is 0.477 e. The van der Waals surface area contributed by atoms with Crippen LogP contribution in [0.3, 0.4) is 0 Å². The van der Waals surface area contributed by atoms with E-state index in [4.69, 9.17) is 11.6 Å². The third kappa shape index (κ3) is 2.89. The smallest absolute Gasteiger partial charge is 0.437 e. The van der Waals surface area contributed by atoms with Gasteiger partial charge in [-0.25, -0.2) is 0 Å². The number of rotatable bonds is 2. The van der Waals surface area contributed by atoms with Gasteiger partial charge in [0.25, 0.3) is 0 Å². The van der Waals surface area contributed by atoms with E-state index in [-0.39, 0.29) is 5.02 Å². The Labute approximate surface area is 92.5 Å². The normalized spacial score (nSPS) is 15.9. The van der Waals surface area contributed by atoms with Crippen molar-refractivity contribution in [3.63, 3.8) is 0 Å². The second-order valence-electron chi connectivity index (χ2n) is 2.55. The highest BCUT2D eigenvalue weighted by Gasteiger charge is 2.58. The SMILES string of the molecule is FC(F)(F)C(F)(Cl)Oc1ccccc1Cl. The molecule has 0 fully saturated rings. The molecule has 0 aromatic heterocycles. The van der Waals surface area contributed by atoms with Crippen LogP contribution < -0.4 is 4.74 Å². The minimum absolute atomic E-state index is 0.163. The average Bonchev–Trinajstić information content (AvgIpc) is 2.06. The molecule has 1 aromatic rings. The first kappa shape index (κ1) is 12.4. The van der Waals surface area contributed by atoms with E-state index in [1.165, 1.54) is 18.2 Å². The summed E-state index contributed by atoms with van der Waals surface area (Å²) < 4.78 is 52.7. The molecule has 1 aromatic carbocycles. The highest BCUT2D eigenvalue weighted by molar-refractivity contribution is 6.32. The van der Waals surface area contributed by atoms with Gasteiger partial charge < -0.3 is 4.74 Å². The highest BCUT2D eigenvalue weighted by Crippen LogP contribution is 2.40. The monoisotopic (exact) mass is 262 g/mol. The number of ether oxygens (including phenoxy) is 1. The molecule has 0 saturated carbocycles. The fourth-order valence-corrected chi connectivity index (χ4v) is 0.981. The number of hydrogen-bond acceptors (Lipinski definition) is 1. The molecule has 1 atom stereocenters. The van der Waals surface area contributed by atoms with Crippen LogP contribution >= 0.6 is 23.2 Å². The number of para-hydroxylation sites is 1. The minimum Gasteiger partial charge on any atom is -0.437 e. The second-order valence-corrected chi connectivity index (χ2v) is 3.44. The van der Waals surface area contributed by atoms with Gasteiger partial charge in [-0.3, -0.25) is 0 Å². The van der Waals surface area contributed by atoms with E-state index in [9.17, 15) is 17.6 Å². The van der Waals surface area contributed by atoms with Crippen molar-refractivity contribution in [2.75, 3.05) is 0 Å². The molecule has 0 N–H and O–H groups in total. The van der Waals surface area contributed by atoms with Crippen molar-refractivity contribution >= 4 is 23.2 Å². The van der Waals surface area contributed by atoms with E-state index < -0.39 is 17.2 Å². The summed E-state index contributed by atoms with van der Waals surface area (Å²) in [5.41, 5.74) is 0. The molecule has 0 heterocycles. The Morgan fingerprint density at radius 1 is 1.07 bits per heavy atom. The van der Waals surface area contributed by atoms with E-state index in [1.807, 2.05) is 0 Å². The Morgan fingerprint density at radius 2 is 1.60 bits per heavy atom. The van der Waals surface area contributed by atoms with Crippen molar-refractivity contribution in [3.8, 4) is 5.75 Å². The lowest BCUT2D eigenvalue weighted by Gasteiger charge is -2.22. The first-order chi connectivity index (χ1) is 6.74. The summed E-state index contributed by atoms with van der Waals surface area (Å²) in [4.78, 5) is 0. The van der Waals surface area contributed by atoms with E-state index in [1.54, 1.807) is 0 Å². The Kier molecular flexibility index (Phi) is 3.35. The Hall–Kier alpha value is -0.680. The number of benzene rings is 1. The highest BCUT2D eigenvalue weighted by atomic mass is 35.5. The van der Waals surface area contributed by atoms with E-state index >= 15 is 0 Å². The van der Waals surface area contributed by atoms with Crippen molar-refractivity contribution < 1.29 is 22.3 Å². The van der Waals surface area contributed by atoms with Crippen LogP contribution in [0.5, 0.6) is 5.75 Å². The van der Waals surface area contributed by atoms with E-state index in [0.717, 1.165) is 6.07 Å². The molecule has 84 valence electrons. The quantitative estimate of drug-likeness (QED) is 0.575. The van der Waals surface area contributed by atoms with Gasteiger partial charge >= 0.3 is 11.5 Å². The Morgan fingerprint density at radius 3 is 2.07 bits per heavy atom. The molecular formula is C8H4Cl2F4O. The number of halogens is 6. The van der Waals surface area contributed by atoms with Crippen LogP contribution in [-0.2, 0) is 0 Å². The van der Waals surface area contributed by atoms with Crippen LogP contribution in [0.4, 0.5) is 17.6 Å². The number of hydrogen-bond donors (Lipinski definition) is 0. The van der Waals surface area contributed by atoms with Gasteiger partial charge in [0.05, 0.1) is 5.02 Å². The molecule has 15 heavy (non-hydrogen) atoms. The molecule has 1 rings (SSSR count). The lowest BCUT2D eigenvalue weighted by molar-refractivity contribution is -0.260. The summed E-state index contributed by atoms with van der Waals surface area (Å²) in [7, 11) is 0. The lowest BCUT2D eigenvalue weighted by atomic mass is 10.3. The van der Waals surface area contributed by atoms with Crippen LogP contribution in [0.25, 0.3) is 0 Å². The van der Waals surface area contributed by atoms with E-state index in [2.05, 4.69) is 16.3 Å². The van der Waals surface area contributed by atoms with Gasteiger partial charge in [0.15, 0.2) is 0 Å². The average molecular weight is 263 g/mol. The molecule has 0 aliphatic carbocycles. The van der Waals surface area contributed by atoms with Crippen molar-refractivity contribution in [2.45, 2.75) is 11.5 Å². The zero-order chi connectivity index (χ0) is 11.7. The predicted octanol–water partition coefficient (Wildman–Crippen LogP) is 4.14. The summed E-state index contributed by atoms with van der Waals surface area (Å²) >= 11 is 10.0. The first-order valence-electron chi connectivity index (χ1n) is 3.62. The summed E-state index contributed by atoms with van der Waals surface area (Å²) in [6.45, 7) is 0. The van der Waals surface area contributed by atoms with Crippen molar-refractivity contribution in [2.24, 2.45) is 0 Å². The predicted molar refractivity (Wildman–Crippen MR) is 47.8 cm³/mol. The summed E-state index contributed by atoms with van der Waals surface area (Å²) in [5, 5.41) is -4.44. The van der Waals surface area contributed by atoms with E-state index in [0.29, 0.717) is 0 Å². The van der Waals surface area contributed by atoms with Crippen LogP contribution in [0.15, 0.2) is 24.3 Å². The van der Waals surface area contributed by atoms with Crippen LogP contribution in [0.2, 0.25) is 5.02 Å². The van der Waals surface area contributed by atoms with Crippen LogP contribution in [0, 0.1) is 0 Å². The second kappa shape index (κ2) is 4.06. The summed E-state index contributed by atoms with van der Waals surface area (Å²) in [5.74, 6) is -0.478. The molecule has 1 unspecified atom stereocenters. The molecule has 0 saturated heterocycles. The maximum absolute atomic E-state index is 12.8. The zero-order valence-electron chi connectivity index (χ0n) is 6.99. The lowest BCUT2D eigenvalue weighted by Crippen LogP contribution is -2.40. The van der Waals surface area contributed by atoms with Crippen molar-refractivity contribution in [3.05, 3.63) is 29.3 Å². The van der Waals surface area contributed by atoms with Crippen LogP contribution in [-0.4, -0.2) is 11.5 Å². The number of alkyl halides is 5. The van der Waals surface area contributed by atoms with Gasteiger partial charge in [0.1, 0.15) is 5.75 Å². The van der Waals surface area contributed by atoms with Crippen molar-refractivity contribution in [1.82, 2.24) is 0 Å². The van der Waals surface area contributed by atoms with Gasteiger partial charge in [-0.05, 0) is 23.7 Å². The van der Waals surface area contributed by atoms with Gasteiger partial charge in [0.2, 0.25) is 0 Å². The molecule has 0 aliphatic heterocycles. The van der Waals surface area contributed by atoms with Crippen molar-refractivity contribution in [1.29, 1.82) is 0 Å². The maximum atomic E-state index is 12.8. The maximum Gasteiger partial charge on any atom is 0.477 e. The first-order valence-corrected chi connectivity index (χ1v) is 4.38. The van der Waals surface area contributed by atoms with Gasteiger partial charge in [-0.15, -0.1) is 0 Å². The van der Waals surface area contributed by atoms with Crippen LogP contribution in [0.1, 0.15) is 0 Å². The molecule has 1 nitrogen and oxygen atoms in total. The fourth-order valence-electron chi connectivity index (χ4n) is 0.723. The Balaban J connectivity index is 2.92. The summed E-state index contributed by atoms with van der Waals surface area (Å²) in [6, 6.07) is 5.12. The molecule has 0 aliphatic rings. The molecule has 0 amide bonds. The molecule has 0 bridgehead atoms. The third-order valence-corrected chi connectivity index (χ3v) is 2.01. The zero-order valence-corrected chi connectivity index (χ0v) is 8.50. The Bertz CT molecular complexity index is 351. The van der Waals surface area contributed by atoms with Gasteiger partial charge in [-0.1, -0.05) is 23.7 Å². The minimum atomic E-state index is -5.34. The molecule has 0 spiro atoms.